The van der Waals surface area contributed by atoms with E-state index in [9.17, 15) is 4.79 Å². The summed E-state index contributed by atoms with van der Waals surface area (Å²) in [5.41, 5.74) is 7.71. The predicted octanol–water partition coefficient (Wildman–Crippen LogP) is 3.04. The average molecular weight is 372 g/mol. The van der Waals surface area contributed by atoms with Crippen LogP contribution in [-0.4, -0.2) is 43.7 Å². The second-order valence-corrected chi connectivity index (χ2v) is 7.35. The minimum atomic E-state index is -0.356. The summed E-state index contributed by atoms with van der Waals surface area (Å²) in [6, 6.07) is 7.46. The van der Waals surface area contributed by atoms with E-state index in [1.807, 2.05) is 30.0 Å². The van der Waals surface area contributed by atoms with E-state index in [0.717, 1.165) is 37.0 Å². The van der Waals surface area contributed by atoms with Gasteiger partial charge in [0.2, 0.25) is 0 Å². The molecule has 0 aliphatic carbocycles. The summed E-state index contributed by atoms with van der Waals surface area (Å²) < 4.78 is 16.2. The monoisotopic (exact) mass is 372 g/mol. The van der Waals surface area contributed by atoms with Gasteiger partial charge in [0.25, 0.3) is 5.91 Å². The topological polar surface area (TPSA) is 77.9 Å². The molecule has 146 valence electrons. The fourth-order valence-electron chi connectivity index (χ4n) is 3.55. The molecule has 2 heterocycles. The van der Waals surface area contributed by atoms with Crippen LogP contribution in [-0.2, 0) is 12.8 Å². The number of furan rings is 1. The number of methoxy groups -OCH3 is 2. The Bertz CT molecular complexity index is 784. The van der Waals surface area contributed by atoms with E-state index in [0.29, 0.717) is 30.2 Å². The first-order valence-corrected chi connectivity index (χ1v) is 9.29. The van der Waals surface area contributed by atoms with Gasteiger partial charge in [-0.1, -0.05) is 0 Å². The highest BCUT2D eigenvalue weighted by molar-refractivity contribution is 5.97. The second kappa shape index (κ2) is 8.05. The van der Waals surface area contributed by atoms with Crippen molar-refractivity contribution in [2.45, 2.75) is 38.1 Å². The Labute approximate surface area is 160 Å². The maximum Gasteiger partial charge on any atom is 0.254 e. The van der Waals surface area contributed by atoms with Crippen molar-refractivity contribution in [1.82, 2.24) is 4.90 Å². The molecule has 6 heteroatoms. The van der Waals surface area contributed by atoms with Crippen LogP contribution in [0.2, 0.25) is 0 Å². The number of carbonyl (C=O) groups is 1. The van der Waals surface area contributed by atoms with Gasteiger partial charge in [-0.25, -0.2) is 0 Å². The number of rotatable bonds is 8. The maximum atomic E-state index is 12.9. The number of ether oxygens (including phenoxy) is 2. The molecule has 27 heavy (non-hydrogen) atoms. The van der Waals surface area contributed by atoms with E-state index in [-0.39, 0.29) is 11.4 Å². The Morgan fingerprint density at radius 1 is 1.22 bits per heavy atom. The van der Waals surface area contributed by atoms with Crippen molar-refractivity contribution in [2.24, 2.45) is 5.73 Å². The molecule has 3 rings (SSSR count). The summed E-state index contributed by atoms with van der Waals surface area (Å²) >= 11 is 0. The molecule has 1 aromatic heterocycles. The molecule has 1 amide bonds. The number of hydrogen-bond acceptors (Lipinski definition) is 5. The number of fused-ring (bicyclic) bond motifs is 1. The van der Waals surface area contributed by atoms with E-state index in [1.165, 1.54) is 0 Å². The van der Waals surface area contributed by atoms with Crippen molar-refractivity contribution < 1.29 is 18.7 Å². The number of nitrogens with zero attached hydrogens (tertiary/aromatic N) is 1. The SMILES string of the molecule is COc1ccc2c(c1OC)CCN(CCC(C)(N)CCc1ccco1)C2=O. The fourth-order valence-corrected chi connectivity index (χ4v) is 3.55. The van der Waals surface area contributed by atoms with Crippen LogP contribution in [0.3, 0.4) is 0 Å². The van der Waals surface area contributed by atoms with Crippen molar-refractivity contribution in [3.8, 4) is 11.5 Å². The first-order chi connectivity index (χ1) is 12.9. The number of nitrogens with two attached hydrogens (primary N) is 1. The predicted molar refractivity (Wildman–Crippen MR) is 103 cm³/mol. The van der Waals surface area contributed by atoms with Crippen LogP contribution in [0.5, 0.6) is 11.5 Å². The van der Waals surface area contributed by atoms with Gasteiger partial charge in [0.05, 0.1) is 20.5 Å². The fraction of sp³-hybridized carbons (Fsp3) is 0.476. The lowest BCUT2D eigenvalue weighted by atomic mass is 9.91. The lowest BCUT2D eigenvalue weighted by Gasteiger charge is -2.33. The Morgan fingerprint density at radius 3 is 2.70 bits per heavy atom. The molecular formula is C21H28N2O4. The smallest absolute Gasteiger partial charge is 0.254 e. The van der Waals surface area contributed by atoms with Gasteiger partial charge < -0.3 is 24.5 Å². The van der Waals surface area contributed by atoms with E-state index >= 15 is 0 Å². The number of aryl methyl sites for hydroxylation is 1. The van der Waals surface area contributed by atoms with Gasteiger partial charge in [0, 0.05) is 36.2 Å². The minimum absolute atomic E-state index is 0.0269. The molecule has 1 aliphatic heterocycles. The molecule has 0 spiro atoms. The molecule has 2 aromatic rings. The van der Waals surface area contributed by atoms with Gasteiger partial charge in [0.15, 0.2) is 11.5 Å². The lowest BCUT2D eigenvalue weighted by Crippen LogP contribution is -2.44. The van der Waals surface area contributed by atoms with E-state index in [1.54, 1.807) is 26.5 Å². The van der Waals surface area contributed by atoms with Crippen molar-refractivity contribution in [2.75, 3.05) is 27.3 Å². The summed E-state index contributed by atoms with van der Waals surface area (Å²) in [5, 5.41) is 0. The Kier molecular flexibility index (Phi) is 5.75. The quantitative estimate of drug-likeness (QED) is 0.771. The van der Waals surface area contributed by atoms with Gasteiger partial charge in [-0.15, -0.1) is 0 Å². The molecule has 1 aliphatic rings. The normalized spacial score (nSPS) is 16.0. The highest BCUT2D eigenvalue weighted by Gasteiger charge is 2.30. The van der Waals surface area contributed by atoms with Crippen molar-refractivity contribution >= 4 is 5.91 Å². The van der Waals surface area contributed by atoms with Gasteiger partial charge >= 0.3 is 0 Å². The third kappa shape index (κ3) is 4.27. The summed E-state index contributed by atoms with van der Waals surface area (Å²) in [4.78, 5) is 14.8. The average Bonchev–Trinajstić information content (AvgIpc) is 3.19. The van der Waals surface area contributed by atoms with Crippen LogP contribution in [0, 0.1) is 0 Å². The van der Waals surface area contributed by atoms with Crippen LogP contribution in [0.25, 0.3) is 0 Å². The summed E-state index contributed by atoms with van der Waals surface area (Å²) in [6.07, 6.45) is 4.77. The maximum absolute atomic E-state index is 12.9. The molecule has 0 saturated carbocycles. The Morgan fingerprint density at radius 2 is 2.04 bits per heavy atom. The summed E-state index contributed by atoms with van der Waals surface area (Å²) in [6.45, 7) is 3.33. The zero-order chi connectivity index (χ0) is 19.4. The Hall–Kier alpha value is -2.47. The first-order valence-electron chi connectivity index (χ1n) is 9.29. The largest absolute Gasteiger partial charge is 0.493 e. The number of amides is 1. The molecule has 0 bridgehead atoms. The molecule has 0 fully saturated rings. The van der Waals surface area contributed by atoms with Gasteiger partial charge in [-0.05, 0) is 50.5 Å². The van der Waals surface area contributed by atoms with Crippen molar-refractivity contribution in [3.05, 3.63) is 47.4 Å². The molecular weight excluding hydrogens is 344 g/mol. The molecule has 1 unspecified atom stereocenters. The number of carbonyl (C=O) groups excluding carboxylic acids is 1. The third-order valence-corrected chi connectivity index (χ3v) is 5.27. The molecule has 6 nitrogen and oxygen atoms in total. The van der Waals surface area contributed by atoms with E-state index < -0.39 is 0 Å². The van der Waals surface area contributed by atoms with E-state index in [4.69, 9.17) is 19.6 Å². The standard InChI is InChI=1S/C21H28N2O4/c1-21(22,10-8-15-5-4-14-27-15)11-13-23-12-9-16-17(20(23)24)6-7-18(25-2)19(16)26-3/h4-7,14H,8-13,22H2,1-3H3. The molecule has 1 aromatic carbocycles. The van der Waals surface area contributed by atoms with Crippen LogP contribution in [0.1, 0.15) is 41.4 Å². The highest BCUT2D eigenvalue weighted by atomic mass is 16.5. The van der Waals surface area contributed by atoms with Crippen LogP contribution >= 0.6 is 0 Å². The van der Waals surface area contributed by atoms with Crippen molar-refractivity contribution in [1.29, 1.82) is 0 Å². The zero-order valence-corrected chi connectivity index (χ0v) is 16.3. The van der Waals surface area contributed by atoms with Crippen LogP contribution in [0.15, 0.2) is 34.9 Å². The molecule has 2 N–H and O–H groups in total. The molecule has 0 radical (unpaired) electrons. The van der Waals surface area contributed by atoms with Gasteiger partial charge in [-0.2, -0.15) is 0 Å². The highest BCUT2D eigenvalue weighted by Crippen LogP contribution is 2.36. The summed E-state index contributed by atoms with van der Waals surface area (Å²) in [5.74, 6) is 2.28. The third-order valence-electron chi connectivity index (χ3n) is 5.27. The second-order valence-electron chi connectivity index (χ2n) is 7.35. The molecule has 0 saturated heterocycles. The van der Waals surface area contributed by atoms with Crippen molar-refractivity contribution in [3.63, 3.8) is 0 Å². The number of benzene rings is 1. The summed E-state index contributed by atoms with van der Waals surface area (Å²) in [7, 11) is 3.21. The first kappa shape index (κ1) is 19.3. The lowest BCUT2D eigenvalue weighted by molar-refractivity contribution is 0.0725. The van der Waals surface area contributed by atoms with Crippen LogP contribution in [0.4, 0.5) is 0 Å². The minimum Gasteiger partial charge on any atom is -0.493 e. The Balaban J connectivity index is 1.63. The molecule has 1 atom stereocenters. The van der Waals surface area contributed by atoms with Crippen LogP contribution < -0.4 is 15.2 Å². The zero-order valence-electron chi connectivity index (χ0n) is 16.3. The van der Waals surface area contributed by atoms with Gasteiger partial charge in [0.1, 0.15) is 5.76 Å². The van der Waals surface area contributed by atoms with Gasteiger partial charge in [-0.3, -0.25) is 4.79 Å². The van der Waals surface area contributed by atoms with E-state index in [2.05, 4.69) is 0 Å². The number of hydrogen-bond donors (Lipinski definition) is 1.